The van der Waals surface area contributed by atoms with Crippen LogP contribution < -0.4 is 0 Å². The van der Waals surface area contributed by atoms with Crippen molar-refractivity contribution in [3.63, 3.8) is 0 Å². The van der Waals surface area contributed by atoms with E-state index < -0.39 is 9.84 Å². The number of thioether (sulfide) groups is 1. The first-order chi connectivity index (χ1) is 12.3. The Morgan fingerprint density at radius 3 is 2.08 bits per heavy atom. The molecule has 0 aliphatic rings. The molecule has 0 amide bonds. The highest BCUT2D eigenvalue weighted by Crippen LogP contribution is 2.28. The lowest BCUT2D eigenvalue weighted by atomic mass is 10.1. The van der Waals surface area contributed by atoms with Gasteiger partial charge in [-0.3, -0.25) is 4.57 Å². The van der Waals surface area contributed by atoms with Crippen molar-refractivity contribution >= 4 is 21.6 Å². The van der Waals surface area contributed by atoms with Gasteiger partial charge in [-0.15, -0.1) is 10.2 Å². The average Bonchev–Trinajstić information content (AvgIpc) is 2.99. The van der Waals surface area contributed by atoms with Crippen molar-refractivity contribution in [3.8, 4) is 17.1 Å². The molecule has 0 spiro atoms. The first kappa shape index (κ1) is 18.7. The third kappa shape index (κ3) is 4.53. The molecule has 0 unspecified atom stereocenters. The predicted molar refractivity (Wildman–Crippen MR) is 107 cm³/mol. The van der Waals surface area contributed by atoms with Crippen LogP contribution in [0.1, 0.15) is 11.1 Å². The lowest BCUT2D eigenvalue weighted by molar-refractivity contribution is 0.603. The highest BCUT2D eigenvalue weighted by Gasteiger charge is 2.16. The van der Waals surface area contributed by atoms with Crippen LogP contribution in [0.4, 0.5) is 0 Å². The van der Waals surface area contributed by atoms with E-state index in [0.717, 1.165) is 17.1 Å². The highest BCUT2D eigenvalue weighted by atomic mass is 32.2. The summed E-state index contributed by atoms with van der Waals surface area (Å²) in [6, 6.07) is 16.3. The smallest absolute Gasteiger partial charge is 0.196 e. The van der Waals surface area contributed by atoms with Gasteiger partial charge in [0.25, 0.3) is 0 Å². The number of sulfone groups is 1. The molecule has 0 fully saturated rings. The van der Waals surface area contributed by atoms with E-state index in [1.807, 2.05) is 66.9 Å². The Kier molecular flexibility index (Phi) is 5.48. The second-order valence-corrected chi connectivity index (χ2v) is 9.64. The van der Waals surface area contributed by atoms with Gasteiger partial charge < -0.3 is 0 Å². The first-order valence-electron chi connectivity index (χ1n) is 8.23. The van der Waals surface area contributed by atoms with Crippen LogP contribution in [0.3, 0.4) is 0 Å². The Hall–Kier alpha value is -2.12. The normalized spacial score (nSPS) is 11.7. The summed E-state index contributed by atoms with van der Waals surface area (Å²) in [5.41, 5.74) is 4.28. The van der Waals surface area contributed by atoms with E-state index in [0.29, 0.717) is 10.9 Å². The summed E-state index contributed by atoms with van der Waals surface area (Å²) in [7, 11) is -3.01. The van der Waals surface area contributed by atoms with Crippen LogP contribution in [-0.4, -0.2) is 40.9 Å². The minimum Gasteiger partial charge on any atom is -0.270 e. The Balaban J connectivity index is 2.01. The molecule has 1 heterocycles. The number of hydrogen-bond acceptors (Lipinski definition) is 5. The predicted octanol–water partition coefficient (Wildman–Crippen LogP) is 3.69. The van der Waals surface area contributed by atoms with Gasteiger partial charge in [0.1, 0.15) is 9.84 Å². The van der Waals surface area contributed by atoms with Gasteiger partial charge in [0, 0.05) is 23.3 Å². The van der Waals surface area contributed by atoms with E-state index in [9.17, 15) is 8.42 Å². The van der Waals surface area contributed by atoms with Gasteiger partial charge in [0.15, 0.2) is 11.0 Å². The minimum atomic E-state index is -3.01. The molecule has 0 saturated carbocycles. The molecule has 0 aliphatic carbocycles. The fourth-order valence-electron chi connectivity index (χ4n) is 2.46. The molecule has 0 N–H and O–H groups in total. The number of nitrogens with zero attached hydrogens (tertiary/aromatic N) is 3. The molecule has 5 nitrogen and oxygen atoms in total. The van der Waals surface area contributed by atoms with Gasteiger partial charge in [0.05, 0.1) is 5.75 Å². The number of aryl methyl sites for hydroxylation is 2. The Morgan fingerprint density at radius 1 is 0.923 bits per heavy atom. The maximum absolute atomic E-state index is 11.4. The molecule has 0 saturated heterocycles. The fraction of sp³-hybridized carbons (Fsp3) is 0.263. The van der Waals surface area contributed by atoms with Crippen molar-refractivity contribution in [1.82, 2.24) is 14.8 Å². The topological polar surface area (TPSA) is 64.8 Å². The van der Waals surface area contributed by atoms with E-state index in [1.54, 1.807) is 0 Å². The molecule has 136 valence electrons. The van der Waals surface area contributed by atoms with Crippen molar-refractivity contribution in [2.24, 2.45) is 0 Å². The van der Waals surface area contributed by atoms with Crippen molar-refractivity contribution in [1.29, 1.82) is 0 Å². The van der Waals surface area contributed by atoms with E-state index in [-0.39, 0.29) is 5.75 Å². The van der Waals surface area contributed by atoms with Crippen molar-refractivity contribution in [2.75, 3.05) is 17.8 Å². The van der Waals surface area contributed by atoms with Crippen LogP contribution in [0.2, 0.25) is 0 Å². The highest BCUT2D eigenvalue weighted by molar-refractivity contribution is 8.00. The largest absolute Gasteiger partial charge is 0.270 e. The maximum Gasteiger partial charge on any atom is 0.196 e. The number of benzene rings is 2. The number of aromatic nitrogens is 3. The SMILES string of the molecule is Cc1ccc(-c2nnc(SCCS(C)(=O)=O)n2-c2ccc(C)cc2)cc1. The van der Waals surface area contributed by atoms with Crippen LogP contribution in [0.25, 0.3) is 17.1 Å². The van der Waals surface area contributed by atoms with Crippen molar-refractivity contribution < 1.29 is 8.42 Å². The quantitative estimate of drug-likeness (QED) is 0.604. The second-order valence-electron chi connectivity index (χ2n) is 6.32. The molecule has 0 aliphatic heterocycles. The van der Waals surface area contributed by atoms with Gasteiger partial charge in [-0.25, -0.2) is 8.42 Å². The number of rotatable bonds is 6. The van der Waals surface area contributed by atoms with E-state index in [1.165, 1.54) is 29.1 Å². The number of hydrogen-bond donors (Lipinski definition) is 0. The van der Waals surface area contributed by atoms with Gasteiger partial charge >= 0.3 is 0 Å². The lowest BCUT2D eigenvalue weighted by Gasteiger charge is -2.11. The van der Waals surface area contributed by atoms with Crippen LogP contribution in [0, 0.1) is 13.8 Å². The summed E-state index contributed by atoms with van der Waals surface area (Å²) in [5, 5.41) is 9.38. The fourth-order valence-corrected chi connectivity index (χ4v) is 4.61. The summed E-state index contributed by atoms with van der Waals surface area (Å²) in [5.74, 6) is 1.30. The summed E-state index contributed by atoms with van der Waals surface area (Å²) in [6.45, 7) is 4.08. The third-order valence-electron chi connectivity index (χ3n) is 3.92. The van der Waals surface area contributed by atoms with Gasteiger partial charge in [0.2, 0.25) is 0 Å². The zero-order chi connectivity index (χ0) is 18.7. The van der Waals surface area contributed by atoms with Crippen LogP contribution in [0.5, 0.6) is 0 Å². The average molecular weight is 388 g/mol. The standard InChI is InChI=1S/C19H21N3O2S2/c1-14-4-8-16(9-5-14)18-20-21-19(25-12-13-26(3,23)24)22(18)17-10-6-15(2)7-11-17/h4-11H,12-13H2,1-3H3. The van der Waals surface area contributed by atoms with Crippen molar-refractivity contribution in [3.05, 3.63) is 59.7 Å². The lowest BCUT2D eigenvalue weighted by Crippen LogP contribution is -2.06. The Morgan fingerprint density at radius 2 is 1.50 bits per heavy atom. The molecule has 26 heavy (non-hydrogen) atoms. The summed E-state index contributed by atoms with van der Waals surface area (Å²) in [6.07, 6.45) is 1.25. The van der Waals surface area contributed by atoms with Gasteiger partial charge in [-0.2, -0.15) is 0 Å². The first-order valence-corrected chi connectivity index (χ1v) is 11.3. The Bertz CT molecular complexity index is 992. The maximum atomic E-state index is 11.4. The summed E-state index contributed by atoms with van der Waals surface area (Å²) in [4.78, 5) is 0. The van der Waals surface area contributed by atoms with E-state index in [4.69, 9.17) is 0 Å². The molecule has 2 aromatic carbocycles. The summed E-state index contributed by atoms with van der Waals surface area (Å²) < 4.78 is 24.8. The zero-order valence-electron chi connectivity index (χ0n) is 15.0. The monoisotopic (exact) mass is 387 g/mol. The second kappa shape index (κ2) is 7.63. The van der Waals surface area contributed by atoms with E-state index >= 15 is 0 Å². The molecule has 7 heteroatoms. The van der Waals surface area contributed by atoms with Crippen LogP contribution in [0.15, 0.2) is 53.7 Å². The van der Waals surface area contributed by atoms with Gasteiger partial charge in [-0.1, -0.05) is 59.3 Å². The molecular formula is C19H21N3O2S2. The third-order valence-corrected chi connectivity index (χ3v) is 6.06. The molecule has 3 rings (SSSR count). The molecular weight excluding hydrogens is 366 g/mol. The van der Waals surface area contributed by atoms with Crippen molar-refractivity contribution in [2.45, 2.75) is 19.0 Å². The molecule has 0 bridgehead atoms. The minimum absolute atomic E-state index is 0.109. The Labute approximate surface area is 158 Å². The molecule has 0 radical (unpaired) electrons. The van der Waals surface area contributed by atoms with Gasteiger partial charge in [-0.05, 0) is 26.0 Å². The zero-order valence-corrected chi connectivity index (χ0v) is 16.6. The van der Waals surface area contributed by atoms with Crippen LogP contribution >= 0.6 is 11.8 Å². The molecule has 3 aromatic rings. The summed E-state index contributed by atoms with van der Waals surface area (Å²) >= 11 is 1.40. The molecule has 1 aromatic heterocycles. The molecule has 0 atom stereocenters. The van der Waals surface area contributed by atoms with E-state index in [2.05, 4.69) is 10.2 Å². The van der Waals surface area contributed by atoms with Crippen LogP contribution in [-0.2, 0) is 9.84 Å².